The van der Waals surface area contributed by atoms with E-state index in [-0.39, 0.29) is 11.6 Å². The van der Waals surface area contributed by atoms with Crippen LogP contribution in [0.4, 0.5) is 5.69 Å². The van der Waals surface area contributed by atoms with Crippen molar-refractivity contribution in [3.8, 4) is 23.0 Å². The Morgan fingerprint density at radius 1 is 1.19 bits per heavy atom. The number of carbonyl (C=O) groups excluding carboxylic acids is 1. The Hall–Kier alpha value is -3.48. The number of nitrogens with zero attached hydrogens (tertiary/aromatic N) is 1. The van der Waals surface area contributed by atoms with Crippen molar-refractivity contribution >= 4 is 11.6 Å². The number of oxazole rings is 1. The van der Waals surface area contributed by atoms with Gasteiger partial charge in [0.1, 0.15) is 17.8 Å². The van der Waals surface area contributed by atoms with E-state index in [9.17, 15) is 4.79 Å². The number of hydrogen-bond acceptors (Lipinski definition) is 6. The lowest BCUT2D eigenvalue weighted by Crippen LogP contribution is -2.26. The zero-order valence-corrected chi connectivity index (χ0v) is 15.2. The summed E-state index contributed by atoms with van der Waals surface area (Å²) in [5, 5.41) is 2.83. The number of methoxy groups -OCH3 is 2. The molecule has 2 aromatic carbocycles. The highest BCUT2D eigenvalue weighted by Crippen LogP contribution is 2.25. The van der Waals surface area contributed by atoms with Gasteiger partial charge >= 0.3 is 0 Å². The van der Waals surface area contributed by atoms with E-state index in [4.69, 9.17) is 19.6 Å². The summed E-state index contributed by atoms with van der Waals surface area (Å²) in [5.41, 5.74) is 8.24. The molecule has 3 aromatic rings. The SMILES string of the molecule is COc1ccc(OC)c(CCNC(=O)c2coc(-c3ccccc3N)n2)c1. The number of para-hydroxylation sites is 1. The quantitative estimate of drug-likeness (QED) is 0.623. The van der Waals surface area contributed by atoms with Gasteiger partial charge in [-0.2, -0.15) is 0 Å². The minimum Gasteiger partial charge on any atom is -0.497 e. The summed E-state index contributed by atoms with van der Waals surface area (Å²) in [6, 6.07) is 12.7. The molecule has 1 aromatic heterocycles. The monoisotopic (exact) mass is 367 g/mol. The van der Waals surface area contributed by atoms with Crippen molar-refractivity contribution in [1.82, 2.24) is 10.3 Å². The van der Waals surface area contributed by atoms with Crippen molar-refractivity contribution in [2.45, 2.75) is 6.42 Å². The smallest absolute Gasteiger partial charge is 0.273 e. The summed E-state index contributed by atoms with van der Waals surface area (Å²) >= 11 is 0. The van der Waals surface area contributed by atoms with Gasteiger partial charge in [-0.1, -0.05) is 12.1 Å². The number of benzene rings is 2. The first-order valence-electron chi connectivity index (χ1n) is 8.42. The van der Waals surface area contributed by atoms with Crippen molar-refractivity contribution in [3.63, 3.8) is 0 Å². The van der Waals surface area contributed by atoms with Crippen LogP contribution in [0.2, 0.25) is 0 Å². The van der Waals surface area contributed by atoms with Crippen LogP contribution in [-0.4, -0.2) is 31.7 Å². The van der Waals surface area contributed by atoms with Gasteiger partial charge in [-0.15, -0.1) is 0 Å². The van der Waals surface area contributed by atoms with Gasteiger partial charge < -0.3 is 24.9 Å². The maximum absolute atomic E-state index is 12.3. The zero-order chi connectivity index (χ0) is 19.2. The number of rotatable bonds is 7. The van der Waals surface area contributed by atoms with E-state index in [1.165, 1.54) is 6.26 Å². The van der Waals surface area contributed by atoms with E-state index in [1.807, 2.05) is 30.3 Å². The molecule has 0 spiro atoms. The van der Waals surface area contributed by atoms with Crippen molar-refractivity contribution < 1.29 is 18.7 Å². The molecule has 0 radical (unpaired) electrons. The second-order valence-electron chi connectivity index (χ2n) is 5.81. The molecular weight excluding hydrogens is 346 g/mol. The molecular formula is C20H21N3O4. The molecule has 3 rings (SSSR count). The van der Waals surface area contributed by atoms with E-state index in [0.717, 1.165) is 17.1 Å². The molecule has 0 aliphatic heterocycles. The lowest BCUT2D eigenvalue weighted by Gasteiger charge is -2.10. The highest BCUT2D eigenvalue weighted by atomic mass is 16.5. The van der Waals surface area contributed by atoms with E-state index < -0.39 is 0 Å². The average Bonchev–Trinajstić information content (AvgIpc) is 3.18. The van der Waals surface area contributed by atoms with Crippen molar-refractivity contribution in [1.29, 1.82) is 0 Å². The van der Waals surface area contributed by atoms with Gasteiger partial charge in [-0.05, 0) is 42.3 Å². The minimum absolute atomic E-state index is 0.200. The molecule has 0 atom stereocenters. The van der Waals surface area contributed by atoms with Crippen LogP contribution in [0.5, 0.6) is 11.5 Å². The Labute approximate surface area is 157 Å². The minimum atomic E-state index is -0.318. The third kappa shape index (κ3) is 4.20. The molecule has 27 heavy (non-hydrogen) atoms. The van der Waals surface area contributed by atoms with Gasteiger partial charge in [0.05, 0.1) is 19.8 Å². The third-order valence-electron chi connectivity index (χ3n) is 4.10. The average molecular weight is 367 g/mol. The van der Waals surface area contributed by atoms with Gasteiger partial charge in [0.25, 0.3) is 5.91 Å². The number of ether oxygens (including phenoxy) is 2. The second kappa shape index (κ2) is 8.27. The molecule has 7 nitrogen and oxygen atoms in total. The first-order chi connectivity index (χ1) is 13.1. The normalized spacial score (nSPS) is 10.4. The maximum atomic E-state index is 12.3. The fourth-order valence-corrected chi connectivity index (χ4v) is 2.67. The Kier molecular flexibility index (Phi) is 5.61. The van der Waals surface area contributed by atoms with Gasteiger partial charge in [-0.25, -0.2) is 4.98 Å². The third-order valence-corrected chi connectivity index (χ3v) is 4.10. The summed E-state index contributed by atoms with van der Waals surface area (Å²) < 4.78 is 16.0. The van der Waals surface area contributed by atoms with Crippen LogP contribution in [0.1, 0.15) is 16.1 Å². The molecule has 0 unspecified atom stereocenters. The number of carbonyl (C=O) groups is 1. The topological polar surface area (TPSA) is 99.6 Å². The lowest BCUT2D eigenvalue weighted by molar-refractivity contribution is 0.0949. The standard InChI is InChI=1S/C20H21N3O4/c1-25-14-7-8-18(26-2)13(11-14)9-10-22-19(24)17-12-27-20(23-17)15-5-3-4-6-16(15)21/h3-8,11-12H,9-10,21H2,1-2H3,(H,22,24). The fourth-order valence-electron chi connectivity index (χ4n) is 2.67. The summed E-state index contributed by atoms with van der Waals surface area (Å²) in [5.74, 6) is 1.47. The number of nitrogen functional groups attached to an aromatic ring is 1. The number of nitrogens with one attached hydrogen (secondary N) is 1. The van der Waals surface area contributed by atoms with Crippen LogP contribution in [-0.2, 0) is 6.42 Å². The van der Waals surface area contributed by atoms with E-state index in [1.54, 1.807) is 26.4 Å². The number of hydrogen-bond donors (Lipinski definition) is 2. The zero-order valence-electron chi connectivity index (χ0n) is 15.2. The van der Waals surface area contributed by atoms with Gasteiger partial charge in [-0.3, -0.25) is 4.79 Å². The van der Waals surface area contributed by atoms with Crippen molar-refractivity contribution in [3.05, 3.63) is 60.0 Å². The Balaban J connectivity index is 1.63. The van der Waals surface area contributed by atoms with E-state index in [2.05, 4.69) is 10.3 Å². The molecule has 0 aliphatic carbocycles. The molecule has 140 valence electrons. The van der Waals surface area contributed by atoms with Crippen molar-refractivity contribution in [2.24, 2.45) is 0 Å². The molecule has 0 saturated carbocycles. The van der Waals surface area contributed by atoms with Crippen LogP contribution in [0, 0.1) is 0 Å². The number of anilines is 1. The number of aromatic nitrogens is 1. The van der Waals surface area contributed by atoms with Crippen LogP contribution in [0.25, 0.3) is 11.5 Å². The molecule has 1 heterocycles. The predicted molar refractivity (Wildman–Crippen MR) is 102 cm³/mol. The maximum Gasteiger partial charge on any atom is 0.273 e. The summed E-state index contributed by atoms with van der Waals surface area (Å²) in [4.78, 5) is 16.5. The van der Waals surface area contributed by atoms with Crippen LogP contribution in [0.15, 0.2) is 53.1 Å². The molecule has 0 fully saturated rings. The molecule has 0 bridgehead atoms. The Morgan fingerprint density at radius 2 is 2.00 bits per heavy atom. The summed E-state index contributed by atoms with van der Waals surface area (Å²) in [6.07, 6.45) is 1.91. The van der Waals surface area contributed by atoms with Crippen LogP contribution in [0.3, 0.4) is 0 Å². The summed E-state index contributed by atoms with van der Waals surface area (Å²) in [7, 11) is 3.21. The van der Waals surface area contributed by atoms with E-state index in [0.29, 0.717) is 30.1 Å². The molecule has 7 heteroatoms. The predicted octanol–water partition coefficient (Wildman–Crippen LogP) is 2.91. The molecule has 1 amide bonds. The number of amides is 1. The van der Waals surface area contributed by atoms with Gasteiger partial charge in [0.15, 0.2) is 5.69 Å². The fraction of sp³-hybridized carbons (Fsp3) is 0.200. The Morgan fingerprint density at radius 3 is 2.74 bits per heavy atom. The molecule has 3 N–H and O–H groups in total. The van der Waals surface area contributed by atoms with Gasteiger partial charge in [0.2, 0.25) is 5.89 Å². The van der Waals surface area contributed by atoms with Gasteiger partial charge in [0, 0.05) is 12.2 Å². The van der Waals surface area contributed by atoms with Crippen LogP contribution < -0.4 is 20.5 Å². The highest BCUT2D eigenvalue weighted by molar-refractivity contribution is 5.92. The highest BCUT2D eigenvalue weighted by Gasteiger charge is 2.15. The first-order valence-corrected chi connectivity index (χ1v) is 8.42. The van der Waals surface area contributed by atoms with Crippen LogP contribution >= 0.6 is 0 Å². The lowest BCUT2D eigenvalue weighted by atomic mass is 10.1. The first kappa shape index (κ1) is 18.3. The largest absolute Gasteiger partial charge is 0.497 e. The Bertz CT molecular complexity index is 936. The van der Waals surface area contributed by atoms with Crippen molar-refractivity contribution in [2.75, 3.05) is 26.5 Å². The number of nitrogens with two attached hydrogens (primary N) is 1. The molecule has 0 saturated heterocycles. The second-order valence-corrected chi connectivity index (χ2v) is 5.81. The summed E-state index contributed by atoms with van der Waals surface area (Å²) in [6.45, 7) is 0.415. The molecule has 0 aliphatic rings. The van der Waals surface area contributed by atoms with E-state index >= 15 is 0 Å².